The van der Waals surface area contributed by atoms with Gasteiger partial charge in [-0.3, -0.25) is 14.5 Å². The second kappa shape index (κ2) is 9.34. The van der Waals surface area contributed by atoms with Crippen LogP contribution in [0.1, 0.15) is 13.8 Å². The van der Waals surface area contributed by atoms with Crippen molar-refractivity contribution in [3.63, 3.8) is 0 Å². The van der Waals surface area contributed by atoms with E-state index >= 15 is 4.39 Å². The van der Waals surface area contributed by atoms with E-state index in [2.05, 4.69) is 10.1 Å². The van der Waals surface area contributed by atoms with E-state index in [1.165, 1.54) is 0 Å². The molecule has 0 saturated heterocycles. The molecule has 7 nitrogen and oxygen atoms in total. The van der Waals surface area contributed by atoms with Gasteiger partial charge in [-0.05, 0) is 61.0 Å². The molecule has 0 radical (unpaired) electrons. The average Bonchev–Trinajstić information content (AvgIpc) is 3.26. The number of aromatic nitrogens is 3. The lowest BCUT2D eigenvalue weighted by molar-refractivity contribution is -0.115. The first kappa shape index (κ1) is 24.1. The van der Waals surface area contributed by atoms with Crippen LogP contribution in [0.3, 0.4) is 0 Å². The molecule has 4 rings (SSSR count). The summed E-state index contributed by atoms with van der Waals surface area (Å²) in [5.41, 5.74) is 1.11. The van der Waals surface area contributed by atoms with Gasteiger partial charge >= 0.3 is 0 Å². The van der Waals surface area contributed by atoms with Crippen molar-refractivity contribution in [3.8, 4) is 22.4 Å². The number of nitrogens with zero attached hydrogens (tertiary/aromatic N) is 4. The Morgan fingerprint density at radius 2 is 1.66 bits per heavy atom. The zero-order chi connectivity index (χ0) is 25.3. The van der Waals surface area contributed by atoms with E-state index in [9.17, 15) is 22.0 Å². The van der Waals surface area contributed by atoms with Crippen LogP contribution >= 0.6 is 0 Å². The smallest absolute Gasteiger partial charge is 0.273 e. The molecule has 2 heterocycles. The van der Waals surface area contributed by atoms with Gasteiger partial charge in [-0.1, -0.05) is 0 Å². The normalized spacial score (nSPS) is 11.5. The van der Waals surface area contributed by atoms with Crippen LogP contribution < -0.4 is 4.31 Å². The van der Waals surface area contributed by atoms with Crippen molar-refractivity contribution in [2.75, 3.05) is 4.31 Å². The number of anilines is 1. The Bertz CT molecular complexity index is 1520. The molecule has 0 unspecified atom stereocenters. The highest BCUT2D eigenvalue weighted by Gasteiger charge is 2.32. The van der Waals surface area contributed by atoms with Gasteiger partial charge in [-0.15, -0.1) is 0 Å². The van der Waals surface area contributed by atoms with Gasteiger partial charge in [0.1, 0.15) is 28.0 Å². The fraction of sp³-hybridized carbons (Fsp3) is 0.125. The van der Waals surface area contributed by atoms with Gasteiger partial charge < -0.3 is 0 Å². The summed E-state index contributed by atoms with van der Waals surface area (Å²) in [4.78, 5) is 15.4. The first-order valence-electron chi connectivity index (χ1n) is 10.4. The maximum absolute atomic E-state index is 15.0. The Kier molecular flexibility index (Phi) is 6.44. The molecule has 0 atom stereocenters. The summed E-state index contributed by atoms with van der Waals surface area (Å²) in [5, 5.41) is 4.42. The van der Waals surface area contributed by atoms with Crippen LogP contribution in [0.4, 0.5) is 18.9 Å². The van der Waals surface area contributed by atoms with Crippen LogP contribution in [0, 0.1) is 17.5 Å². The van der Waals surface area contributed by atoms with Crippen LogP contribution in [0.5, 0.6) is 0 Å². The third kappa shape index (κ3) is 4.54. The van der Waals surface area contributed by atoms with Gasteiger partial charge in [0.2, 0.25) is 5.91 Å². The molecule has 0 spiro atoms. The zero-order valence-corrected chi connectivity index (χ0v) is 19.4. The molecule has 1 amide bonds. The third-order valence-electron chi connectivity index (χ3n) is 5.21. The molecule has 0 aliphatic rings. The molecule has 0 aliphatic heterocycles. The zero-order valence-electron chi connectivity index (χ0n) is 18.6. The molecule has 35 heavy (non-hydrogen) atoms. The number of rotatable bonds is 6. The second-order valence-electron chi connectivity index (χ2n) is 7.51. The standard InChI is InChI=1S/C24H19F3N4O3S/c1-3-30-14-20(16-8-10-28-11-9-16)24(29-30)19-13-18(5-7-21(19)26)31(15(2)32)35(33,34)23-12-17(25)4-6-22(23)27/h4-14H,3H2,1-2H3. The maximum Gasteiger partial charge on any atom is 0.273 e. The number of hydrogen-bond acceptors (Lipinski definition) is 5. The number of halogens is 3. The summed E-state index contributed by atoms with van der Waals surface area (Å²) in [6.07, 6.45) is 4.83. The molecule has 0 N–H and O–H groups in total. The summed E-state index contributed by atoms with van der Waals surface area (Å²) in [6, 6.07) is 8.50. The average molecular weight is 501 g/mol. The Morgan fingerprint density at radius 1 is 0.971 bits per heavy atom. The summed E-state index contributed by atoms with van der Waals surface area (Å²) in [7, 11) is -4.87. The van der Waals surface area contributed by atoms with E-state index in [4.69, 9.17) is 0 Å². The van der Waals surface area contributed by atoms with Crippen LogP contribution in [-0.4, -0.2) is 29.1 Å². The number of amides is 1. The predicted octanol–water partition coefficient (Wildman–Crippen LogP) is 4.79. The summed E-state index contributed by atoms with van der Waals surface area (Å²) in [6.45, 7) is 3.27. The fourth-order valence-corrected chi connectivity index (χ4v) is 5.11. The topological polar surface area (TPSA) is 85.2 Å². The molecule has 4 aromatic rings. The van der Waals surface area contributed by atoms with Gasteiger partial charge in [0.25, 0.3) is 10.0 Å². The van der Waals surface area contributed by atoms with Gasteiger partial charge in [-0.2, -0.15) is 5.10 Å². The minimum Gasteiger partial charge on any atom is -0.274 e. The van der Waals surface area contributed by atoms with Gasteiger partial charge in [0, 0.05) is 43.2 Å². The van der Waals surface area contributed by atoms with Crippen molar-refractivity contribution in [2.45, 2.75) is 25.3 Å². The molecule has 2 aromatic heterocycles. The number of carbonyl (C=O) groups is 1. The molecule has 0 saturated carbocycles. The van der Waals surface area contributed by atoms with Gasteiger partial charge in [-0.25, -0.2) is 25.9 Å². The number of hydrogen-bond donors (Lipinski definition) is 0. The molecule has 0 bridgehead atoms. The Labute approximate surface area is 199 Å². The van der Waals surface area contributed by atoms with Crippen LogP contribution in [-0.2, 0) is 21.4 Å². The molecule has 11 heteroatoms. The summed E-state index contributed by atoms with van der Waals surface area (Å²) in [5.74, 6) is -3.95. The monoisotopic (exact) mass is 500 g/mol. The lowest BCUT2D eigenvalue weighted by atomic mass is 10.0. The van der Waals surface area contributed by atoms with Crippen molar-refractivity contribution >= 4 is 21.6 Å². The van der Waals surface area contributed by atoms with E-state index in [1.807, 2.05) is 6.92 Å². The Hall–Kier alpha value is -3.99. The maximum atomic E-state index is 15.0. The highest BCUT2D eigenvalue weighted by atomic mass is 32.2. The largest absolute Gasteiger partial charge is 0.274 e. The molecular weight excluding hydrogens is 481 g/mol. The van der Waals surface area contributed by atoms with Crippen molar-refractivity contribution in [2.24, 2.45) is 0 Å². The van der Waals surface area contributed by atoms with Gasteiger partial charge in [0.15, 0.2) is 0 Å². The summed E-state index contributed by atoms with van der Waals surface area (Å²) >= 11 is 0. The Balaban J connectivity index is 1.91. The lowest BCUT2D eigenvalue weighted by Crippen LogP contribution is -2.35. The van der Waals surface area contributed by atoms with Crippen LogP contribution in [0.15, 0.2) is 72.0 Å². The molecule has 0 aliphatic carbocycles. The second-order valence-corrected chi connectivity index (χ2v) is 9.27. The summed E-state index contributed by atoms with van der Waals surface area (Å²) < 4.78 is 71.4. The SMILES string of the molecule is CCn1cc(-c2ccncc2)c(-c2cc(N(C(C)=O)S(=O)(=O)c3cc(F)ccc3F)ccc2F)n1. The van der Waals surface area contributed by atoms with Crippen molar-refractivity contribution in [1.82, 2.24) is 14.8 Å². The van der Waals surface area contributed by atoms with E-state index in [-0.39, 0.29) is 16.9 Å². The van der Waals surface area contributed by atoms with Crippen molar-refractivity contribution < 1.29 is 26.4 Å². The minimum atomic E-state index is -4.87. The number of carbonyl (C=O) groups excluding carboxylic acids is 1. The van der Waals surface area contributed by atoms with Crippen molar-refractivity contribution in [3.05, 3.63) is 84.6 Å². The third-order valence-corrected chi connectivity index (χ3v) is 7.03. The van der Waals surface area contributed by atoms with E-state index in [1.54, 1.807) is 35.4 Å². The number of pyridine rings is 1. The van der Waals surface area contributed by atoms with Gasteiger partial charge in [0.05, 0.1) is 5.69 Å². The van der Waals surface area contributed by atoms with Crippen molar-refractivity contribution in [1.29, 1.82) is 0 Å². The molecular formula is C24H19F3N4O3S. The highest BCUT2D eigenvalue weighted by molar-refractivity contribution is 7.93. The predicted molar refractivity (Wildman–Crippen MR) is 123 cm³/mol. The Morgan fingerprint density at radius 3 is 2.31 bits per heavy atom. The molecule has 2 aromatic carbocycles. The fourth-order valence-electron chi connectivity index (χ4n) is 3.61. The minimum absolute atomic E-state index is 0.0809. The van der Waals surface area contributed by atoms with Crippen LogP contribution in [0.2, 0.25) is 0 Å². The van der Waals surface area contributed by atoms with E-state index < -0.39 is 38.3 Å². The first-order valence-corrected chi connectivity index (χ1v) is 11.9. The highest BCUT2D eigenvalue weighted by Crippen LogP contribution is 2.36. The van der Waals surface area contributed by atoms with Crippen LogP contribution in [0.25, 0.3) is 22.4 Å². The number of sulfonamides is 1. The lowest BCUT2D eigenvalue weighted by Gasteiger charge is -2.22. The number of aryl methyl sites for hydroxylation is 1. The first-order chi connectivity index (χ1) is 16.6. The van der Waals surface area contributed by atoms with E-state index in [0.717, 1.165) is 31.2 Å². The molecule has 180 valence electrons. The molecule has 0 fully saturated rings. The van der Waals surface area contributed by atoms with E-state index in [0.29, 0.717) is 34.1 Å². The quantitative estimate of drug-likeness (QED) is 0.380. The number of benzene rings is 2.